The fourth-order valence-corrected chi connectivity index (χ4v) is 3.11. The monoisotopic (exact) mass is 313 g/mol. The molecule has 0 radical (unpaired) electrons. The molecule has 0 aliphatic heterocycles. The summed E-state index contributed by atoms with van der Waals surface area (Å²) in [5, 5.41) is 2.98. The predicted molar refractivity (Wildman–Crippen MR) is 94.1 cm³/mol. The number of hydrogen-bond donors (Lipinski definition) is 1. The summed E-state index contributed by atoms with van der Waals surface area (Å²) in [6, 6.07) is 18.5. The van der Waals surface area contributed by atoms with Crippen molar-refractivity contribution in [2.45, 2.75) is 43.4 Å². The van der Waals surface area contributed by atoms with Gasteiger partial charge in [-0.1, -0.05) is 49.4 Å². The Labute approximate surface area is 137 Å². The minimum atomic E-state index is -0.111. The molecule has 0 unspecified atom stereocenters. The van der Waals surface area contributed by atoms with Crippen LogP contribution in [-0.4, -0.2) is 11.2 Å². The van der Waals surface area contributed by atoms with Crippen LogP contribution in [0.2, 0.25) is 0 Å². The van der Waals surface area contributed by atoms with Gasteiger partial charge in [0.25, 0.3) is 0 Å². The van der Waals surface area contributed by atoms with Crippen LogP contribution in [0.4, 0.5) is 0 Å². The molecule has 2 rings (SSSR count). The van der Waals surface area contributed by atoms with Crippen molar-refractivity contribution in [1.29, 1.82) is 0 Å². The molecule has 0 saturated heterocycles. The second-order valence-corrected chi connectivity index (χ2v) is 6.81. The van der Waals surface area contributed by atoms with Gasteiger partial charge in [0.2, 0.25) is 5.91 Å². The summed E-state index contributed by atoms with van der Waals surface area (Å²) in [4.78, 5) is 13.4. The third-order valence-corrected chi connectivity index (χ3v) is 4.78. The number of carbonyl (C=O) groups is 1. The van der Waals surface area contributed by atoms with Crippen molar-refractivity contribution in [3.63, 3.8) is 0 Å². The SMILES string of the molecule is CCc1ccc([C@@H](C)NC(=O)[C@H](C)Sc2ccccc2)cc1. The van der Waals surface area contributed by atoms with Gasteiger partial charge in [-0.2, -0.15) is 0 Å². The topological polar surface area (TPSA) is 29.1 Å². The molecule has 2 nitrogen and oxygen atoms in total. The number of carbonyl (C=O) groups excluding carboxylic acids is 1. The lowest BCUT2D eigenvalue weighted by atomic mass is 10.0. The molecular weight excluding hydrogens is 290 g/mol. The Bertz CT molecular complexity index is 595. The van der Waals surface area contributed by atoms with Crippen molar-refractivity contribution in [3.8, 4) is 0 Å². The molecule has 22 heavy (non-hydrogen) atoms. The molecule has 0 spiro atoms. The van der Waals surface area contributed by atoms with E-state index in [-0.39, 0.29) is 17.2 Å². The summed E-state index contributed by atoms with van der Waals surface area (Å²) in [7, 11) is 0. The van der Waals surface area contributed by atoms with Crippen molar-refractivity contribution < 1.29 is 4.79 Å². The van der Waals surface area contributed by atoms with Crippen LogP contribution in [0.15, 0.2) is 59.5 Å². The molecule has 0 aromatic heterocycles. The van der Waals surface area contributed by atoms with E-state index in [1.54, 1.807) is 11.8 Å². The highest BCUT2D eigenvalue weighted by atomic mass is 32.2. The second kappa shape index (κ2) is 8.04. The van der Waals surface area contributed by atoms with Gasteiger partial charge in [-0.05, 0) is 43.5 Å². The first kappa shape index (κ1) is 16.6. The summed E-state index contributed by atoms with van der Waals surface area (Å²) >= 11 is 1.58. The number of aryl methyl sites for hydroxylation is 1. The zero-order valence-corrected chi connectivity index (χ0v) is 14.2. The maximum atomic E-state index is 12.3. The highest BCUT2D eigenvalue weighted by molar-refractivity contribution is 8.00. The van der Waals surface area contributed by atoms with E-state index in [2.05, 4.69) is 36.5 Å². The van der Waals surface area contributed by atoms with Crippen molar-refractivity contribution in [2.75, 3.05) is 0 Å². The highest BCUT2D eigenvalue weighted by Gasteiger charge is 2.17. The number of amides is 1. The van der Waals surface area contributed by atoms with Gasteiger partial charge in [0.05, 0.1) is 11.3 Å². The minimum Gasteiger partial charge on any atom is -0.349 e. The van der Waals surface area contributed by atoms with Crippen molar-refractivity contribution in [2.24, 2.45) is 0 Å². The molecule has 0 fully saturated rings. The second-order valence-electron chi connectivity index (χ2n) is 5.40. The Hall–Kier alpha value is -1.74. The molecule has 0 saturated carbocycles. The number of thioether (sulfide) groups is 1. The van der Waals surface area contributed by atoms with E-state index in [1.807, 2.05) is 44.2 Å². The molecule has 1 amide bonds. The lowest BCUT2D eigenvalue weighted by Crippen LogP contribution is -2.33. The van der Waals surface area contributed by atoms with Crippen LogP contribution in [0.3, 0.4) is 0 Å². The third kappa shape index (κ3) is 4.63. The zero-order chi connectivity index (χ0) is 15.9. The maximum Gasteiger partial charge on any atom is 0.233 e. The van der Waals surface area contributed by atoms with E-state index in [4.69, 9.17) is 0 Å². The van der Waals surface area contributed by atoms with Gasteiger partial charge < -0.3 is 5.32 Å². The molecule has 2 aromatic carbocycles. The molecule has 0 bridgehead atoms. The Kier molecular flexibility index (Phi) is 6.08. The average molecular weight is 313 g/mol. The van der Waals surface area contributed by atoms with E-state index < -0.39 is 0 Å². The van der Waals surface area contributed by atoms with Gasteiger partial charge in [-0.3, -0.25) is 4.79 Å². The normalized spacial score (nSPS) is 13.4. The van der Waals surface area contributed by atoms with Crippen LogP contribution in [0.5, 0.6) is 0 Å². The quantitative estimate of drug-likeness (QED) is 0.789. The molecular formula is C19H23NOS. The fraction of sp³-hybridized carbons (Fsp3) is 0.316. The Morgan fingerprint density at radius 1 is 1.05 bits per heavy atom. The summed E-state index contributed by atoms with van der Waals surface area (Å²) < 4.78 is 0. The van der Waals surface area contributed by atoms with E-state index in [0.29, 0.717) is 0 Å². The molecule has 0 aliphatic rings. The molecule has 0 aliphatic carbocycles. The first-order valence-corrected chi connectivity index (χ1v) is 8.59. The van der Waals surface area contributed by atoms with Gasteiger partial charge in [0, 0.05) is 4.90 Å². The van der Waals surface area contributed by atoms with Crippen molar-refractivity contribution >= 4 is 17.7 Å². The minimum absolute atomic E-state index is 0.0252. The molecule has 116 valence electrons. The lowest BCUT2D eigenvalue weighted by Gasteiger charge is -2.18. The first-order chi connectivity index (χ1) is 10.6. The van der Waals surface area contributed by atoms with Crippen LogP contribution in [0, 0.1) is 0 Å². The number of benzene rings is 2. The Morgan fingerprint density at radius 2 is 1.68 bits per heavy atom. The summed E-state index contributed by atoms with van der Waals surface area (Å²) in [5.41, 5.74) is 2.46. The number of rotatable bonds is 6. The molecule has 3 heteroatoms. The van der Waals surface area contributed by atoms with E-state index in [9.17, 15) is 4.79 Å². The maximum absolute atomic E-state index is 12.3. The summed E-state index contributed by atoms with van der Waals surface area (Å²) in [6.45, 7) is 6.11. The average Bonchev–Trinajstić information content (AvgIpc) is 2.55. The first-order valence-electron chi connectivity index (χ1n) is 7.71. The standard InChI is InChI=1S/C19H23NOS/c1-4-16-10-12-17(13-11-16)14(2)20-19(21)15(3)22-18-8-6-5-7-9-18/h5-15H,4H2,1-3H3,(H,20,21)/t14-,15+/m1/s1. The largest absolute Gasteiger partial charge is 0.349 e. The molecule has 2 atom stereocenters. The molecule has 2 aromatic rings. The third-order valence-electron chi connectivity index (χ3n) is 3.67. The molecule has 0 heterocycles. The molecule has 1 N–H and O–H groups in total. The smallest absolute Gasteiger partial charge is 0.233 e. The van der Waals surface area contributed by atoms with Gasteiger partial charge in [-0.15, -0.1) is 11.8 Å². The Balaban J connectivity index is 1.92. The van der Waals surface area contributed by atoms with E-state index >= 15 is 0 Å². The van der Waals surface area contributed by atoms with Crippen molar-refractivity contribution in [3.05, 3.63) is 65.7 Å². The van der Waals surface area contributed by atoms with Crippen LogP contribution in [0.25, 0.3) is 0 Å². The van der Waals surface area contributed by atoms with Crippen LogP contribution < -0.4 is 5.32 Å². The Morgan fingerprint density at radius 3 is 2.27 bits per heavy atom. The summed E-state index contributed by atoms with van der Waals surface area (Å²) in [5.74, 6) is 0.0703. The van der Waals surface area contributed by atoms with Crippen LogP contribution in [0.1, 0.15) is 37.9 Å². The van der Waals surface area contributed by atoms with Crippen LogP contribution >= 0.6 is 11.8 Å². The predicted octanol–water partition coefficient (Wildman–Crippen LogP) is 4.61. The van der Waals surface area contributed by atoms with Gasteiger partial charge in [-0.25, -0.2) is 0 Å². The lowest BCUT2D eigenvalue weighted by molar-refractivity contribution is -0.120. The van der Waals surface area contributed by atoms with Gasteiger partial charge in [0.15, 0.2) is 0 Å². The highest BCUT2D eigenvalue weighted by Crippen LogP contribution is 2.23. The van der Waals surface area contributed by atoms with E-state index in [1.165, 1.54) is 5.56 Å². The summed E-state index contributed by atoms with van der Waals surface area (Å²) in [6.07, 6.45) is 1.03. The van der Waals surface area contributed by atoms with Crippen LogP contribution in [-0.2, 0) is 11.2 Å². The van der Waals surface area contributed by atoms with Crippen molar-refractivity contribution in [1.82, 2.24) is 5.32 Å². The van der Waals surface area contributed by atoms with Gasteiger partial charge in [0.1, 0.15) is 0 Å². The van der Waals surface area contributed by atoms with Gasteiger partial charge >= 0.3 is 0 Å². The van der Waals surface area contributed by atoms with E-state index in [0.717, 1.165) is 16.9 Å². The fourth-order valence-electron chi connectivity index (χ4n) is 2.21. The zero-order valence-electron chi connectivity index (χ0n) is 13.4. The number of hydrogen-bond acceptors (Lipinski definition) is 2. The number of nitrogens with one attached hydrogen (secondary N) is 1.